The molecule has 3 N–H and O–H groups in total. The van der Waals surface area contributed by atoms with E-state index in [9.17, 15) is 14.4 Å². The zero-order chi connectivity index (χ0) is 22.7. The van der Waals surface area contributed by atoms with Gasteiger partial charge in [-0.05, 0) is 32.6 Å². The van der Waals surface area contributed by atoms with Crippen LogP contribution in [0.1, 0.15) is 54.9 Å². The van der Waals surface area contributed by atoms with Gasteiger partial charge in [0.2, 0.25) is 5.91 Å². The van der Waals surface area contributed by atoms with Gasteiger partial charge >= 0.3 is 12.1 Å². The van der Waals surface area contributed by atoms with Crippen molar-refractivity contribution in [1.82, 2.24) is 10.6 Å². The lowest BCUT2D eigenvalue weighted by Crippen LogP contribution is -2.40. The van der Waals surface area contributed by atoms with Crippen LogP contribution in [0.4, 0.5) is 4.79 Å². The Hall–Kier alpha value is -1.87. The zero-order valence-corrected chi connectivity index (χ0v) is 18.8. The SMILES string of the molecule is CC(C)(CCNC(=O)COCC(=O)O)COCC(C)(C)CNC(=O)OC(C)(C)C. The molecule has 0 fully saturated rings. The Labute approximate surface area is 173 Å². The van der Waals surface area contributed by atoms with Crippen molar-refractivity contribution in [2.45, 2.75) is 60.5 Å². The highest BCUT2D eigenvalue weighted by Crippen LogP contribution is 2.22. The van der Waals surface area contributed by atoms with E-state index in [1.807, 2.05) is 48.5 Å². The third kappa shape index (κ3) is 16.8. The van der Waals surface area contributed by atoms with Crippen LogP contribution in [0.3, 0.4) is 0 Å². The Morgan fingerprint density at radius 2 is 1.41 bits per heavy atom. The average Bonchev–Trinajstić information content (AvgIpc) is 2.50. The van der Waals surface area contributed by atoms with Crippen molar-refractivity contribution in [2.75, 3.05) is 39.5 Å². The molecule has 0 unspecified atom stereocenters. The summed E-state index contributed by atoms with van der Waals surface area (Å²) in [7, 11) is 0. The molecule has 0 radical (unpaired) electrons. The Kier molecular flexibility index (Phi) is 11.2. The second-order valence-corrected chi connectivity index (χ2v) is 9.66. The fourth-order valence-corrected chi connectivity index (χ4v) is 2.17. The van der Waals surface area contributed by atoms with Gasteiger partial charge in [-0.2, -0.15) is 0 Å². The Morgan fingerprint density at radius 1 is 0.828 bits per heavy atom. The number of ether oxygens (including phenoxy) is 3. The number of carbonyl (C=O) groups excluding carboxylic acids is 2. The van der Waals surface area contributed by atoms with E-state index >= 15 is 0 Å². The smallest absolute Gasteiger partial charge is 0.407 e. The van der Waals surface area contributed by atoms with Crippen LogP contribution in [-0.2, 0) is 23.8 Å². The number of carboxylic acid groups (broad SMARTS) is 1. The number of alkyl carbamates (subject to hydrolysis) is 1. The lowest BCUT2D eigenvalue weighted by atomic mass is 9.90. The average molecular weight is 419 g/mol. The second-order valence-electron chi connectivity index (χ2n) is 9.66. The van der Waals surface area contributed by atoms with Gasteiger partial charge in [0, 0.05) is 18.5 Å². The van der Waals surface area contributed by atoms with Crippen LogP contribution in [0.15, 0.2) is 0 Å². The van der Waals surface area contributed by atoms with Crippen LogP contribution in [0.2, 0.25) is 0 Å². The van der Waals surface area contributed by atoms with E-state index in [0.717, 1.165) is 0 Å². The molecule has 0 aromatic rings. The van der Waals surface area contributed by atoms with Crippen LogP contribution in [-0.4, -0.2) is 68.2 Å². The largest absolute Gasteiger partial charge is 0.480 e. The van der Waals surface area contributed by atoms with Crippen LogP contribution in [0.25, 0.3) is 0 Å². The molecule has 0 aromatic carbocycles. The molecular formula is C20H38N2O7. The number of aliphatic carboxylic acids is 1. The molecule has 0 rings (SSSR count). The summed E-state index contributed by atoms with van der Waals surface area (Å²) in [6, 6.07) is 0. The third-order valence-electron chi connectivity index (χ3n) is 3.68. The molecule has 0 aliphatic rings. The van der Waals surface area contributed by atoms with Gasteiger partial charge in [-0.1, -0.05) is 27.7 Å². The maximum Gasteiger partial charge on any atom is 0.407 e. The van der Waals surface area contributed by atoms with Gasteiger partial charge in [0.1, 0.15) is 18.8 Å². The first kappa shape index (κ1) is 27.1. The minimum atomic E-state index is -1.11. The van der Waals surface area contributed by atoms with Crippen LogP contribution >= 0.6 is 0 Å². The molecule has 0 saturated heterocycles. The number of nitrogens with one attached hydrogen (secondary N) is 2. The van der Waals surface area contributed by atoms with Gasteiger partial charge in [-0.15, -0.1) is 0 Å². The van der Waals surface area contributed by atoms with E-state index in [2.05, 4.69) is 10.6 Å². The van der Waals surface area contributed by atoms with Crippen LogP contribution < -0.4 is 10.6 Å². The first-order valence-corrected chi connectivity index (χ1v) is 9.73. The van der Waals surface area contributed by atoms with Gasteiger partial charge in [0.25, 0.3) is 0 Å². The van der Waals surface area contributed by atoms with Gasteiger partial charge < -0.3 is 30.0 Å². The van der Waals surface area contributed by atoms with Crippen molar-refractivity contribution in [3.8, 4) is 0 Å². The molecule has 29 heavy (non-hydrogen) atoms. The van der Waals surface area contributed by atoms with Crippen molar-refractivity contribution in [2.24, 2.45) is 10.8 Å². The van der Waals surface area contributed by atoms with Crippen LogP contribution in [0.5, 0.6) is 0 Å². The lowest BCUT2D eigenvalue weighted by Gasteiger charge is -2.29. The number of hydrogen-bond donors (Lipinski definition) is 3. The normalized spacial score (nSPS) is 12.4. The first-order valence-electron chi connectivity index (χ1n) is 9.73. The number of hydrogen-bond acceptors (Lipinski definition) is 6. The molecule has 0 atom stereocenters. The van der Waals surface area contributed by atoms with Crippen molar-refractivity contribution < 1.29 is 33.7 Å². The maximum atomic E-state index is 11.8. The monoisotopic (exact) mass is 418 g/mol. The molecule has 0 spiro atoms. The molecule has 9 heteroatoms. The molecule has 0 aliphatic heterocycles. The van der Waals surface area contributed by atoms with E-state index in [0.29, 0.717) is 32.7 Å². The predicted molar refractivity (Wildman–Crippen MR) is 109 cm³/mol. The molecule has 0 aromatic heterocycles. The van der Waals surface area contributed by atoms with Crippen molar-refractivity contribution >= 4 is 18.0 Å². The number of carbonyl (C=O) groups is 3. The lowest BCUT2D eigenvalue weighted by molar-refractivity contribution is -0.143. The summed E-state index contributed by atoms with van der Waals surface area (Å²) in [5.41, 5.74) is -0.959. The summed E-state index contributed by atoms with van der Waals surface area (Å²) < 4.78 is 15.8. The summed E-state index contributed by atoms with van der Waals surface area (Å²) in [6.07, 6.45) is 0.239. The summed E-state index contributed by atoms with van der Waals surface area (Å²) in [4.78, 5) is 33.7. The third-order valence-corrected chi connectivity index (χ3v) is 3.68. The van der Waals surface area contributed by atoms with Crippen molar-refractivity contribution in [3.63, 3.8) is 0 Å². The van der Waals surface area contributed by atoms with Gasteiger partial charge in [0.15, 0.2) is 0 Å². The molecule has 0 bridgehead atoms. The number of amides is 2. The Balaban J connectivity index is 4.08. The van der Waals surface area contributed by atoms with E-state index < -0.39 is 24.3 Å². The predicted octanol–water partition coefficient (Wildman–Crippen LogP) is 2.19. The number of rotatable bonds is 13. The standard InChI is InChI=1S/C20H38N2O7/c1-18(2,3)29-17(26)22-12-20(6,7)14-28-13-19(4,5)8-9-21-15(23)10-27-11-16(24)25/h8-14H2,1-7H3,(H,21,23)(H,22,26)(H,24,25). The van der Waals surface area contributed by atoms with Crippen LogP contribution in [0, 0.1) is 10.8 Å². The fourth-order valence-electron chi connectivity index (χ4n) is 2.17. The fraction of sp³-hybridized carbons (Fsp3) is 0.850. The van der Waals surface area contributed by atoms with E-state index in [1.54, 1.807) is 0 Å². The second kappa shape index (κ2) is 12.0. The Bertz CT molecular complexity index is 539. The molecule has 0 heterocycles. The van der Waals surface area contributed by atoms with E-state index in [1.165, 1.54) is 0 Å². The van der Waals surface area contributed by atoms with Crippen molar-refractivity contribution in [3.05, 3.63) is 0 Å². The summed E-state index contributed by atoms with van der Waals surface area (Å²) in [6.45, 7) is 14.5. The maximum absolute atomic E-state index is 11.8. The first-order chi connectivity index (χ1) is 13.1. The van der Waals surface area contributed by atoms with E-state index in [4.69, 9.17) is 19.3 Å². The van der Waals surface area contributed by atoms with E-state index in [-0.39, 0.29) is 23.3 Å². The van der Waals surface area contributed by atoms with Crippen molar-refractivity contribution in [1.29, 1.82) is 0 Å². The topological polar surface area (TPSA) is 123 Å². The quantitative estimate of drug-likeness (QED) is 0.419. The molecule has 170 valence electrons. The molecule has 0 aliphatic carbocycles. The molecule has 9 nitrogen and oxygen atoms in total. The summed E-state index contributed by atoms with van der Waals surface area (Å²) in [5, 5.41) is 13.9. The summed E-state index contributed by atoms with van der Waals surface area (Å²) >= 11 is 0. The summed E-state index contributed by atoms with van der Waals surface area (Å²) in [5.74, 6) is -1.46. The Morgan fingerprint density at radius 3 is 1.97 bits per heavy atom. The van der Waals surface area contributed by atoms with Gasteiger partial charge in [-0.25, -0.2) is 9.59 Å². The number of carboxylic acids is 1. The minimum Gasteiger partial charge on any atom is -0.480 e. The minimum absolute atomic E-state index is 0.163. The molecule has 0 saturated carbocycles. The van der Waals surface area contributed by atoms with Gasteiger partial charge in [0.05, 0.1) is 13.2 Å². The molecule has 2 amide bonds. The highest BCUT2D eigenvalue weighted by atomic mass is 16.6. The highest BCUT2D eigenvalue weighted by molar-refractivity contribution is 5.77. The zero-order valence-electron chi connectivity index (χ0n) is 18.8. The highest BCUT2D eigenvalue weighted by Gasteiger charge is 2.24. The molecular weight excluding hydrogens is 380 g/mol. The van der Waals surface area contributed by atoms with Gasteiger partial charge in [-0.3, -0.25) is 4.79 Å².